The number of nitrogens with zero attached hydrogens (tertiary/aromatic N) is 3. The van der Waals surface area contributed by atoms with Gasteiger partial charge in [-0.1, -0.05) is 74.5 Å². The molecule has 4 aromatic carbocycles. The van der Waals surface area contributed by atoms with Gasteiger partial charge in [0.2, 0.25) is 0 Å². The number of benzene rings is 4. The molecule has 0 amide bonds. The second-order valence-corrected chi connectivity index (χ2v) is 10.0. The molecule has 2 aliphatic rings. The fourth-order valence-electron chi connectivity index (χ4n) is 5.94. The number of fused-ring (bicyclic) bond motifs is 5. The Balaban J connectivity index is 1.53. The maximum atomic E-state index is 13.3. The van der Waals surface area contributed by atoms with Crippen LogP contribution in [0.4, 0.5) is 11.4 Å². The van der Waals surface area contributed by atoms with Crippen molar-refractivity contribution in [1.29, 1.82) is 10.5 Å². The summed E-state index contributed by atoms with van der Waals surface area (Å²) in [6, 6.07) is 30.1. The molecule has 1 aliphatic heterocycles. The van der Waals surface area contributed by atoms with Crippen molar-refractivity contribution in [3.63, 3.8) is 0 Å². The number of hydrogen-bond acceptors (Lipinski definition) is 4. The zero-order chi connectivity index (χ0) is 25.9. The van der Waals surface area contributed by atoms with Crippen molar-refractivity contribution in [2.75, 3.05) is 11.9 Å². The Hall–Kier alpha value is -4.93. The van der Waals surface area contributed by atoms with Gasteiger partial charge in [-0.25, -0.2) is 0 Å². The van der Waals surface area contributed by atoms with E-state index in [0.717, 1.165) is 16.3 Å². The molecule has 37 heavy (non-hydrogen) atoms. The molecular formula is C33H23N3O. The van der Waals surface area contributed by atoms with Crippen LogP contribution >= 0.6 is 0 Å². The first-order valence-corrected chi connectivity index (χ1v) is 12.2. The number of anilines is 2. The lowest BCUT2D eigenvalue weighted by Crippen LogP contribution is -2.31. The van der Waals surface area contributed by atoms with Gasteiger partial charge in [0.05, 0.1) is 0 Å². The predicted molar refractivity (Wildman–Crippen MR) is 147 cm³/mol. The first kappa shape index (κ1) is 22.5. The van der Waals surface area contributed by atoms with E-state index < -0.39 is 0 Å². The predicted octanol–water partition coefficient (Wildman–Crippen LogP) is 7.33. The number of allylic oxidation sites excluding steroid dienone is 3. The van der Waals surface area contributed by atoms with Gasteiger partial charge in [-0.15, -0.1) is 0 Å². The minimum atomic E-state index is -0.189. The molecule has 0 spiro atoms. The molecule has 1 heterocycles. The summed E-state index contributed by atoms with van der Waals surface area (Å²) in [6.07, 6.45) is 1.80. The lowest BCUT2D eigenvalue weighted by Gasteiger charge is -2.41. The van der Waals surface area contributed by atoms with Gasteiger partial charge in [-0.3, -0.25) is 4.79 Å². The van der Waals surface area contributed by atoms with Crippen LogP contribution < -0.4 is 4.90 Å². The molecule has 0 unspecified atom stereocenters. The van der Waals surface area contributed by atoms with Crippen LogP contribution in [0.1, 0.15) is 46.5 Å². The maximum absolute atomic E-state index is 13.3. The van der Waals surface area contributed by atoms with E-state index in [1.807, 2.05) is 24.3 Å². The van der Waals surface area contributed by atoms with Crippen molar-refractivity contribution in [2.45, 2.75) is 19.3 Å². The SMILES string of the molecule is CN1c2ccccc2C(C)(C)c2c1ccc1cc(/C=C3\C(=O)c4ccccc4C3=C(C#N)C#N)ccc21. The lowest BCUT2D eigenvalue weighted by atomic mass is 9.72. The quantitative estimate of drug-likeness (QED) is 0.213. The average Bonchev–Trinajstić information content (AvgIpc) is 3.19. The van der Waals surface area contributed by atoms with Crippen molar-refractivity contribution in [2.24, 2.45) is 0 Å². The van der Waals surface area contributed by atoms with Crippen molar-refractivity contribution in [3.05, 3.63) is 118 Å². The van der Waals surface area contributed by atoms with Gasteiger partial charge in [0.1, 0.15) is 17.7 Å². The zero-order valence-electron chi connectivity index (χ0n) is 20.8. The van der Waals surface area contributed by atoms with E-state index in [1.165, 1.54) is 22.5 Å². The van der Waals surface area contributed by atoms with E-state index >= 15 is 0 Å². The van der Waals surface area contributed by atoms with Crippen LogP contribution in [0.5, 0.6) is 0 Å². The van der Waals surface area contributed by atoms with Crippen LogP contribution in [-0.2, 0) is 5.41 Å². The third-order valence-electron chi connectivity index (χ3n) is 7.69. The van der Waals surface area contributed by atoms with E-state index in [2.05, 4.69) is 74.3 Å². The minimum absolute atomic E-state index is 0.0529. The standard InChI is InChI=1S/C33H23N3O/c1-33(2)27-10-6-7-11-28(27)36(3)29-15-13-21-16-20(12-14-23(21)31(29)33)17-26-30(22(18-34)19-35)24-8-4-5-9-25(24)32(26)37/h4-17H,1-3H3/b26-17-. The van der Waals surface area contributed by atoms with Crippen LogP contribution in [0, 0.1) is 22.7 Å². The molecule has 6 rings (SSSR count). The normalized spacial score (nSPS) is 16.1. The molecular weight excluding hydrogens is 454 g/mol. The Bertz CT molecular complexity index is 1790. The second kappa shape index (κ2) is 8.05. The molecule has 4 aromatic rings. The van der Waals surface area contributed by atoms with E-state index in [-0.39, 0.29) is 16.8 Å². The Morgan fingerprint density at radius 1 is 0.865 bits per heavy atom. The molecule has 0 bridgehead atoms. The minimum Gasteiger partial charge on any atom is -0.344 e. The third kappa shape index (κ3) is 3.17. The lowest BCUT2D eigenvalue weighted by molar-refractivity contribution is 0.104. The van der Waals surface area contributed by atoms with Crippen LogP contribution in [0.3, 0.4) is 0 Å². The summed E-state index contributed by atoms with van der Waals surface area (Å²) in [4.78, 5) is 15.6. The fraction of sp³-hybridized carbons (Fsp3) is 0.121. The highest BCUT2D eigenvalue weighted by molar-refractivity contribution is 6.30. The molecule has 0 saturated carbocycles. The molecule has 0 N–H and O–H groups in total. The summed E-state index contributed by atoms with van der Waals surface area (Å²) < 4.78 is 0. The van der Waals surface area contributed by atoms with Gasteiger partial charge >= 0.3 is 0 Å². The van der Waals surface area contributed by atoms with Crippen LogP contribution in [0.25, 0.3) is 22.4 Å². The Kier molecular flexibility index (Phi) is 4.90. The smallest absolute Gasteiger partial charge is 0.194 e. The van der Waals surface area contributed by atoms with E-state index in [4.69, 9.17) is 0 Å². The molecule has 0 atom stereocenters. The highest BCUT2D eigenvalue weighted by atomic mass is 16.1. The molecule has 176 valence electrons. The number of Topliss-reactive ketones (excluding diaryl/α,β-unsaturated/α-hetero) is 1. The summed E-state index contributed by atoms with van der Waals surface area (Å²) in [7, 11) is 2.11. The molecule has 0 saturated heterocycles. The van der Waals surface area contributed by atoms with Crippen molar-refractivity contribution in [1.82, 2.24) is 0 Å². The second-order valence-electron chi connectivity index (χ2n) is 10.0. The molecule has 0 aromatic heterocycles. The number of carbonyl (C=O) groups excluding carboxylic acids is 1. The topological polar surface area (TPSA) is 67.9 Å². The molecule has 0 radical (unpaired) electrons. The first-order valence-electron chi connectivity index (χ1n) is 12.2. The highest BCUT2D eigenvalue weighted by Crippen LogP contribution is 2.50. The molecule has 4 heteroatoms. The van der Waals surface area contributed by atoms with Gasteiger partial charge in [0.25, 0.3) is 0 Å². The van der Waals surface area contributed by atoms with Crippen LogP contribution in [-0.4, -0.2) is 12.8 Å². The largest absolute Gasteiger partial charge is 0.344 e. The van der Waals surface area contributed by atoms with Gasteiger partial charge in [0, 0.05) is 40.5 Å². The van der Waals surface area contributed by atoms with Gasteiger partial charge in [-0.2, -0.15) is 10.5 Å². The number of rotatable bonds is 1. The number of carbonyl (C=O) groups is 1. The first-order chi connectivity index (χ1) is 17.9. The summed E-state index contributed by atoms with van der Waals surface area (Å²) in [5, 5.41) is 21.4. The molecule has 0 fully saturated rings. The number of hydrogen-bond donors (Lipinski definition) is 0. The van der Waals surface area contributed by atoms with Crippen molar-refractivity contribution >= 4 is 39.6 Å². The number of ketones is 1. The van der Waals surface area contributed by atoms with Crippen LogP contribution in [0.15, 0.2) is 90.0 Å². The van der Waals surface area contributed by atoms with Crippen molar-refractivity contribution < 1.29 is 4.79 Å². The Labute approximate surface area is 216 Å². The van der Waals surface area contributed by atoms with E-state index in [1.54, 1.807) is 24.3 Å². The maximum Gasteiger partial charge on any atom is 0.194 e. The molecule has 1 aliphatic carbocycles. The van der Waals surface area contributed by atoms with Gasteiger partial charge in [-0.05, 0) is 57.3 Å². The third-order valence-corrected chi connectivity index (χ3v) is 7.69. The summed E-state index contributed by atoms with van der Waals surface area (Å²) in [5.74, 6) is -0.168. The Morgan fingerprint density at radius 2 is 1.57 bits per heavy atom. The summed E-state index contributed by atoms with van der Waals surface area (Å²) in [6.45, 7) is 4.54. The highest BCUT2D eigenvalue weighted by Gasteiger charge is 2.36. The monoisotopic (exact) mass is 477 g/mol. The summed E-state index contributed by atoms with van der Waals surface area (Å²) in [5.41, 5.74) is 7.50. The zero-order valence-corrected chi connectivity index (χ0v) is 20.8. The fourth-order valence-corrected chi connectivity index (χ4v) is 5.94. The molecule has 4 nitrogen and oxygen atoms in total. The van der Waals surface area contributed by atoms with Gasteiger partial charge < -0.3 is 4.90 Å². The van der Waals surface area contributed by atoms with Crippen molar-refractivity contribution in [3.8, 4) is 12.1 Å². The van der Waals surface area contributed by atoms with Crippen LogP contribution in [0.2, 0.25) is 0 Å². The number of nitriles is 2. The number of para-hydroxylation sites is 1. The van der Waals surface area contributed by atoms with Gasteiger partial charge in [0.15, 0.2) is 5.78 Å². The average molecular weight is 478 g/mol. The van der Waals surface area contributed by atoms with E-state index in [0.29, 0.717) is 22.3 Å². The Morgan fingerprint density at radius 3 is 2.32 bits per heavy atom. The summed E-state index contributed by atoms with van der Waals surface area (Å²) >= 11 is 0. The van der Waals surface area contributed by atoms with E-state index in [9.17, 15) is 15.3 Å².